The molecule has 0 spiro atoms. The number of aromatic nitrogens is 4. The van der Waals surface area contributed by atoms with Gasteiger partial charge >= 0.3 is 5.69 Å². The van der Waals surface area contributed by atoms with Crippen LogP contribution >= 0.6 is 0 Å². The molecule has 2 rings (SSSR count). The van der Waals surface area contributed by atoms with Crippen molar-refractivity contribution in [1.82, 2.24) is 20.1 Å². The van der Waals surface area contributed by atoms with E-state index in [9.17, 15) is 10.1 Å². The molecule has 0 aliphatic heterocycles. The van der Waals surface area contributed by atoms with Crippen LogP contribution in [0.4, 0.5) is 11.6 Å². The summed E-state index contributed by atoms with van der Waals surface area (Å²) in [5, 5.41) is 16.8. The molecule has 0 aromatic carbocycles. The molecule has 0 bridgehead atoms. The lowest BCUT2D eigenvalue weighted by molar-refractivity contribution is -0.385. The minimum absolute atomic E-state index is 0.161. The van der Waals surface area contributed by atoms with Gasteiger partial charge in [0.15, 0.2) is 5.82 Å². The Morgan fingerprint density at radius 2 is 2.18 bits per heavy atom. The average Bonchev–Trinajstić information content (AvgIpc) is 2.73. The summed E-state index contributed by atoms with van der Waals surface area (Å²) < 4.78 is 4.77. The smallest absolute Gasteiger partial charge is 0.305 e. The zero-order valence-electron chi connectivity index (χ0n) is 8.82. The fourth-order valence-corrected chi connectivity index (χ4v) is 1.08. The van der Waals surface area contributed by atoms with E-state index >= 15 is 0 Å². The molecule has 17 heavy (non-hydrogen) atoms. The first-order chi connectivity index (χ1) is 8.15. The molecule has 2 heterocycles. The number of hydrogen-bond donors (Lipinski definition) is 1. The Labute approximate surface area is 95.0 Å². The molecule has 0 aliphatic rings. The van der Waals surface area contributed by atoms with Gasteiger partial charge in [-0.3, -0.25) is 10.1 Å². The fourth-order valence-electron chi connectivity index (χ4n) is 1.08. The maximum atomic E-state index is 10.4. The van der Waals surface area contributed by atoms with Crippen LogP contribution in [-0.2, 0) is 6.54 Å². The zero-order valence-corrected chi connectivity index (χ0v) is 8.82. The monoisotopic (exact) mass is 236 g/mol. The first-order valence-corrected chi connectivity index (χ1v) is 4.64. The minimum atomic E-state index is -0.563. The number of rotatable bonds is 4. The van der Waals surface area contributed by atoms with Crippen molar-refractivity contribution in [3.05, 3.63) is 34.2 Å². The van der Waals surface area contributed by atoms with Crippen LogP contribution in [-0.4, -0.2) is 25.0 Å². The van der Waals surface area contributed by atoms with Gasteiger partial charge in [0, 0.05) is 6.92 Å². The van der Waals surface area contributed by atoms with Crippen LogP contribution in [0.3, 0.4) is 0 Å². The minimum Gasteiger partial charge on any atom is -0.347 e. The highest BCUT2D eigenvalue weighted by molar-refractivity contribution is 5.30. The van der Waals surface area contributed by atoms with Gasteiger partial charge in [-0.05, 0) is 0 Å². The van der Waals surface area contributed by atoms with Crippen LogP contribution in [0.25, 0.3) is 0 Å². The predicted molar refractivity (Wildman–Crippen MR) is 55.0 cm³/mol. The van der Waals surface area contributed by atoms with Crippen molar-refractivity contribution >= 4 is 11.6 Å². The van der Waals surface area contributed by atoms with Crippen LogP contribution in [0.5, 0.6) is 0 Å². The van der Waals surface area contributed by atoms with Gasteiger partial charge in [0.05, 0.1) is 11.5 Å². The summed E-state index contributed by atoms with van der Waals surface area (Å²) in [6, 6.07) is 0. The van der Waals surface area contributed by atoms with Crippen molar-refractivity contribution in [2.24, 2.45) is 0 Å². The van der Waals surface area contributed by atoms with Gasteiger partial charge in [0.25, 0.3) is 0 Å². The van der Waals surface area contributed by atoms with Crippen molar-refractivity contribution in [3.63, 3.8) is 0 Å². The van der Waals surface area contributed by atoms with Crippen molar-refractivity contribution in [2.45, 2.75) is 13.5 Å². The topological polar surface area (TPSA) is 120 Å². The maximum absolute atomic E-state index is 10.4. The molecule has 0 aliphatic carbocycles. The molecule has 9 heteroatoms. The molecular weight excluding hydrogens is 228 g/mol. The third-order valence-corrected chi connectivity index (χ3v) is 1.82. The SMILES string of the molecule is Cc1nc(CNc2ncc([N+](=O)[O-])cn2)no1. The molecule has 0 saturated carbocycles. The molecule has 0 fully saturated rings. The molecule has 9 nitrogen and oxygen atoms in total. The first kappa shape index (κ1) is 10.9. The van der Waals surface area contributed by atoms with Gasteiger partial charge in [0.2, 0.25) is 11.8 Å². The summed E-state index contributed by atoms with van der Waals surface area (Å²) in [7, 11) is 0. The second-order valence-electron chi connectivity index (χ2n) is 3.11. The Morgan fingerprint density at radius 1 is 1.47 bits per heavy atom. The van der Waals surface area contributed by atoms with E-state index in [1.165, 1.54) is 0 Å². The van der Waals surface area contributed by atoms with Gasteiger partial charge in [0.1, 0.15) is 12.4 Å². The van der Waals surface area contributed by atoms with Crippen LogP contribution in [0.15, 0.2) is 16.9 Å². The predicted octanol–water partition coefficient (Wildman–Crippen LogP) is 0.688. The third kappa shape index (κ3) is 2.71. The highest BCUT2D eigenvalue weighted by atomic mass is 16.6. The molecule has 2 aromatic heterocycles. The Morgan fingerprint density at radius 3 is 2.71 bits per heavy atom. The molecule has 2 aromatic rings. The standard InChI is InChI=1S/C8H8N6O3/c1-5-12-7(13-17-5)4-11-8-9-2-6(3-10-8)14(15)16/h2-3H,4H2,1H3,(H,9,10,11). The Hall–Kier alpha value is -2.58. The summed E-state index contributed by atoms with van der Waals surface area (Å²) in [5.41, 5.74) is -0.161. The zero-order chi connectivity index (χ0) is 12.3. The van der Waals surface area contributed by atoms with Gasteiger partial charge in [-0.2, -0.15) is 4.98 Å². The van der Waals surface area contributed by atoms with E-state index in [1.54, 1.807) is 6.92 Å². The van der Waals surface area contributed by atoms with Gasteiger partial charge in [-0.25, -0.2) is 9.97 Å². The number of aryl methyl sites for hydroxylation is 1. The lowest BCUT2D eigenvalue weighted by Crippen LogP contribution is -2.05. The number of hydrogen-bond acceptors (Lipinski definition) is 8. The van der Waals surface area contributed by atoms with E-state index in [-0.39, 0.29) is 18.2 Å². The Bertz CT molecular complexity index is 522. The lowest BCUT2D eigenvalue weighted by atomic mass is 10.5. The molecule has 88 valence electrons. The van der Waals surface area contributed by atoms with Crippen LogP contribution in [0.2, 0.25) is 0 Å². The molecule has 0 saturated heterocycles. The van der Waals surface area contributed by atoms with E-state index in [4.69, 9.17) is 4.52 Å². The van der Waals surface area contributed by atoms with E-state index in [2.05, 4.69) is 25.4 Å². The number of nitrogens with one attached hydrogen (secondary N) is 1. The van der Waals surface area contributed by atoms with Gasteiger partial charge in [-0.1, -0.05) is 5.16 Å². The summed E-state index contributed by atoms with van der Waals surface area (Å²) in [4.78, 5) is 21.3. The second-order valence-corrected chi connectivity index (χ2v) is 3.11. The molecule has 0 unspecified atom stereocenters. The normalized spacial score (nSPS) is 10.2. The number of nitro groups is 1. The van der Waals surface area contributed by atoms with Gasteiger partial charge < -0.3 is 9.84 Å². The third-order valence-electron chi connectivity index (χ3n) is 1.82. The highest BCUT2D eigenvalue weighted by Crippen LogP contribution is 2.08. The van der Waals surface area contributed by atoms with E-state index in [0.29, 0.717) is 11.7 Å². The summed E-state index contributed by atoms with van der Waals surface area (Å²) in [5.74, 6) is 1.19. The van der Waals surface area contributed by atoms with E-state index in [0.717, 1.165) is 12.4 Å². The van der Waals surface area contributed by atoms with Crippen LogP contribution < -0.4 is 5.32 Å². The second kappa shape index (κ2) is 4.51. The van der Waals surface area contributed by atoms with Crippen LogP contribution in [0, 0.1) is 17.0 Å². The summed E-state index contributed by atoms with van der Waals surface area (Å²) >= 11 is 0. The average molecular weight is 236 g/mol. The van der Waals surface area contributed by atoms with Crippen LogP contribution in [0.1, 0.15) is 11.7 Å². The largest absolute Gasteiger partial charge is 0.347 e. The summed E-state index contributed by atoms with van der Waals surface area (Å²) in [6.45, 7) is 1.97. The first-order valence-electron chi connectivity index (χ1n) is 4.64. The van der Waals surface area contributed by atoms with E-state index < -0.39 is 4.92 Å². The maximum Gasteiger partial charge on any atom is 0.305 e. The number of nitrogens with zero attached hydrogens (tertiary/aromatic N) is 5. The van der Waals surface area contributed by atoms with E-state index in [1.807, 2.05) is 0 Å². The van der Waals surface area contributed by atoms with Crippen molar-refractivity contribution in [1.29, 1.82) is 0 Å². The Balaban J connectivity index is 1.97. The molecule has 0 radical (unpaired) electrons. The molecule has 1 N–H and O–H groups in total. The molecule has 0 atom stereocenters. The quantitative estimate of drug-likeness (QED) is 0.607. The molecular formula is C8H8N6O3. The number of anilines is 1. The van der Waals surface area contributed by atoms with Crippen molar-refractivity contribution < 1.29 is 9.45 Å². The van der Waals surface area contributed by atoms with Crippen molar-refractivity contribution in [3.8, 4) is 0 Å². The fraction of sp³-hybridized carbons (Fsp3) is 0.250. The Kier molecular flexibility index (Phi) is 2.90. The highest BCUT2D eigenvalue weighted by Gasteiger charge is 2.07. The van der Waals surface area contributed by atoms with Gasteiger partial charge in [-0.15, -0.1) is 0 Å². The summed E-state index contributed by atoms with van der Waals surface area (Å²) in [6.07, 6.45) is 2.24. The molecule has 0 amide bonds. The lowest BCUT2D eigenvalue weighted by Gasteiger charge is -1.99. The van der Waals surface area contributed by atoms with Crippen molar-refractivity contribution in [2.75, 3.05) is 5.32 Å².